The van der Waals surface area contributed by atoms with E-state index in [1.165, 1.54) is 5.56 Å². The van der Waals surface area contributed by atoms with E-state index in [2.05, 4.69) is 42.3 Å². The molecule has 6 nitrogen and oxygen atoms in total. The summed E-state index contributed by atoms with van der Waals surface area (Å²) in [5, 5.41) is 3.05. The van der Waals surface area contributed by atoms with Gasteiger partial charge in [0, 0.05) is 19.5 Å². The van der Waals surface area contributed by atoms with Crippen LogP contribution in [0.2, 0.25) is 0 Å². The summed E-state index contributed by atoms with van der Waals surface area (Å²) in [6.45, 7) is 7.77. The molecule has 0 aliphatic rings. The smallest absolute Gasteiger partial charge is 0.220 e. The van der Waals surface area contributed by atoms with Crippen LogP contribution in [0, 0.1) is 0 Å². The third-order valence-corrected chi connectivity index (χ3v) is 5.25. The Morgan fingerprint density at radius 1 is 0.933 bits per heavy atom. The highest BCUT2D eigenvalue weighted by atomic mass is 16.5. The number of amides is 1. The predicted molar refractivity (Wildman–Crippen MR) is 119 cm³/mol. The molecular formula is C24H34N2O4. The van der Waals surface area contributed by atoms with E-state index >= 15 is 0 Å². The summed E-state index contributed by atoms with van der Waals surface area (Å²) in [6, 6.07) is 12.0. The van der Waals surface area contributed by atoms with Crippen LogP contribution in [0.4, 0.5) is 0 Å². The largest absolute Gasteiger partial charge is 0.493 e. The molecule has 0 radical (unpaired) electrons. The van der Waals surface area contributed by atoms with E-state index in [4.69, 9.17) is 14.2 Å². The molecule has 0 aromatic heterocycles. The standard InChI is InChI=1S/C24H34N2O4/c1-6-26(7-2)17-20-11-9-8-10-19(20)16-25-23(27)13-12-18-14-21(28-3)24(30-5)22(15-18)29-4/h8-11,14-15H,6-7,12-13,16-17H2,1-5H3,(H,25,27). The molecule has 0 fully saturated rings. The van der Waals surface area contributed by atoms with Crippen molar-refractivity contribution in [1.82, 2.24) is 10.2 Å². The Balaban J connectivity index is 1.97. The first-order chi connectivity index (χ1) is 14.6. The van der Waals surface area contributed by atoms with Gasteiger partial charge in [0.15, 0.2) is 11.5 Å². The Morgan fingerprint density at radius 3 is 2.07 bits per heavy atom. The lowest BCUT2D eigenvalue weighted by molar-refractivity contribution is -0.121. The Kier molecular flexibility index (Phi) is 9.48. The lowest BCUT2D eigenvalue weighted by Crippen LogP contribution is -2.26. The minimum Gasteiger partial charge on any atom is -0.493 e. The Hall–Kier alpha value is -2.73. The molecule has 1 N–H and O–H groups in total. The Morgan fingerprint density at radius 2 is 1.53 bits per heavy atom. The quantitative estimate of drug-likeness (QED) is 0.572. The molecule has 2 aromatic carbocycles. The summed E-state index contributed by atoms with van der Waals surface area (Å²) in [7, 11) is 4.75. The summed E-state index contributed by atoms with van der Waals surface area (Å²) in [6.07, 6.45) is 0.973. The van der Waals surface area contributed by atoms with Crippen LogP contribution in [0.3, 0.4) is 0 Å². The van der Waals surface area contributed by atoms with E-state index in [1.807, 2.05) is 18.2 Å². The van der Waals surface area contributed by atoms with Crippen molar-refractivity contribution in [1.29, 1.82) is 0 Å². The molecule has 0 spiro atoms. The van der Waals surface area contributed by atoms with Gasteiger partial charge in [-0.15, -0.1) is 0 Å². The molecule has 164 valence electrons. The van der Waals surface area contributed by atoms with E-state index in [9.17, 15) is 4.79 Å². The SMILES string of the molecule is CCN(CC)Cc1ccccc1CNC(=O)CCc1cc(OC)c(OC)c(OC)c1. The number of aryl methyl sites for hydroxylation is 1. The fourth-order valence-electron chi connectivity index (χ4n) is 3.39. The zero-order valence-electron chi connectivity index (χ0n) is 18.8. The third kappa shape index (κ3) is 6.39. The van der Waals surface area contributed by atoms with Crippen molar-refractivity contribution < 1.29 is 19.0 Å². The van der Waals surface area contributed by atoms with E-state index in [0.29, 0.717) is 36.6 Å². The number of carbonyl (C=O) groups excluding carboxylic acids is 1. The van der Waals surface area contributed by atoms with Crippen LogP contribution in [0.5, 0.6) is 17.2 Å². The highest BCUT2D eigenvalue weighted by Crippen LogP contribution is 2.38. The van der Waals surface area contributed by atoms with Crippen LogP contribution < -0.4 is 19.5 Å². The molecule has 2 aromatic rings. The maximum atomic E-state index is 12.5. The first-order valence-electron chi connectivity index (χ1n) is 10.4. The zero-order valence-corrected chi connectivity index (χ0v) is 18.8. The van der Waals surface area contributed by atoms with Gasteiger partial charge in [-0.25, -0.2) is 0 Å². The van der Waals surface area contributed by atoms with Crippen LogP contribution in [-0.2, 0) is 24.3 Å². The first-order valence-corrected chi connectivity index (χ1v) is 10.4. The van der Waals surface area contributed by atoms with Crippen LogP contribution in [0.1, 0.15) is 37.0 Å². The average molecular weight is 415 g/mol. The van der Waals surface area contributed by atoms with Crippen LogP contribution in [-0.4, -0.2) is 45.2 Å². The molecule has 0 heterocycles. The van der Waals surface area contributed by atoms with Crippen molar-refractivity contribution in [2.45, 2.75) is 39.8 Å². The first kappa shape index (κ1) is 23.5. The average Bonchev–Trinajstić information content (AvgIpc) is 2.79. The van der Waals surface area contributed by atoms with E-state index in [1.54, 1.807) is 21.3 Å². The molecule has 0 bridgehead atoms. The molecule has 0 atom stereocenters. The summed E-state index contributed by atoms with van der Waals surface area (Å²) in [5.74, 6) is 1.76. The minimum atomic E-state index is 0.0152. The highest BCUT2D eigenvalue weighted by molar-refractivity contribution is 5.76. The lowest BCUT2D eigenvalue weighted by Gasteiger charge is -2.20. The van der Waals surface area contributed by atoms with Gasteiger partial charge in [-0.2, -0.15) is 0 Å². The molecule has 0 aliphatic carbocycles. The molecule has 6 heteroatoms. The maximum absolute atomic E-state index is 12.5. The second kappa shape index (κ2) is 12.1. The zero-order chi connectivity index (χ0) is 21.9. The molecular weight excluding hydrogens is 380 g/mol. The summed E-state index contributed by atoms with van der Waals surface area (Å²) < 4.78 is 16.1. The number of hydrogen-bond donors (Lipinski definition) is 1. The number of rotatable bonds is 12. The monoisotopic (exact) mass is 414 g/mol. The summed E-state index contributed by atoms with van der Waals surface area (Å²) >= 11 is 0. The van der Waals surface area contributed by atoms with E-state index in [-0.39, 0.29) is 5.91 Å². The molecule has 0 saturated heterocycles. The van der Waals surface area contributed by atoms with Crippen LogP contribution >= 0.6 is 0 Å². The van der Waals surface area contributed by atoms with Crippen LogP contribution in [0.15, 0.2) is 36.4 Å². The third-order valence-electron chi connectivity index (χ3n) is 5.25. The second-order valence-corrected chi connectivity index (χ2v) is 7.04. The molecule has 30 heavy (non-hydrogen) atoms. The van der Waals surface area contributed by atoms with Crippen molar-refractivity contribution in [3.05, 3.63) is 53.1 Å². The van der Waals surface area contributed by atoms with Gasteiger partial charge in [-0.3, -0.25) is 9.69 Å². The van der Waals surface area contributed by atoms with Crippen molar-refractivity contribution in [3.63, 3.8) is 0 Å². The van der Waals surface area contributed by atoms with E-state index < -0.39 is 0 Å². The fourth-order valence-corrected chi connectivity index (χ4v) is 3.39. The summed E-state index contributed by atoms with van der Waals surface area (Å²) in [5.41, 5.74) is 3.37. The van der Waals surface area contributed by atoms with Gasteiger partial charge in [0.25, 0.3) is 0 Å². The fraction of sp³-hybridized carbons (Fsp3) is 0.458. The molecule has 0 saturated carbocycles. The number of hydrogen-bond acceptors (Lipinski definition) is 5. The van der Waals surface area contributed by atoms with E-state index in [0.717, 1.165) is 30.8 Å². The number of benzene rings is 2. The van der Waals surface area contributed by atoms with Crippen molar-refractivity contribution in [2.75, 3.05) is 34.4 Å². The van der Waals surface area contributed by atoms with Gasteiger partial charge in [0.05, 0.1) is 21.3 Å². The van der Waals surface area contributed by atoms with Gasteiger partial charge in [0.1, 0.15) is 0 Å². The summed E-state index contributed by atoms with van der Waals surface area (Å²) in [4.78, 5) is 14.8. The van der Waals surface area contributed by atoms with Crippen molar-refractivity contribution >= 4 is 5.91 Å². The Labute approximate surface area is 180 Å². The number of methoxy groups -OCH3 is 3. The van der Waals surface area contributed by atoms with Crippen molar-refractivity contribution in [3.8, 4) is 17.2 Å². The molecule has 1 amide bonds. The number of nitrogens with one attached hydrogen (secondary N) is 1. The topological polar surface area (TPSA) is 60.0 Å². The normalized spacial score (nSPS) is 10.7. The Bertz CT molecular complexity index is 794. The molecule has 0 aliphatic heterocycles. The van der Waals surface area contributed by atoms with Crippen molar-refractivity contribution in [2.24, 2.45) is 0 Å². The van der Waals surface area contributed by atoms with Gasteiger partial charge < -0.3 is 19.5 Å². The van der Waals surface area contributed by atoms with Crippen LogP contribution in [0.25, 0.3) is 0 Å². The highest BCUT2D eigenvalue weighted by Gasteiger charge is 2.14. The van der Waals surface area contributed by atoms with Gasteiger partial charge in [-0.05, 0) is 48.3 Å². The molecule has 2 rings (SSSR count). The second-order valence-electron chi connectivity index (χ2n) is 7.04. The maximum Gasteiger partial charge on any atom is 0.220 e. The van der Waals surface area contributed by atoms with Gasteiger partial charge in [0.2, 0.25) is 11.7 Å². The lowest BCUT2D eigenvalue weighted by atomic mass is 10.1. The predicted octanol–water partition coefficient (Wildman–Crippen LogP) is 3.80. The minimum absolute atomic E-state index is 0.0152. The van der Waals surface area contributed by atoms with Gasteiger partial charge in [-0.1, -0.05) is 38.1 Å². The number of nitrogens with zero attached hydrogens (tertiary/aromatic N) is 1. The number of carbonyl (C=O) groups is 1. The molecule has 0 unspecified atom stereocenters. The number of ether oxygens (including phenoxy) is 3. The van der Waals surface area contributed by atoms with Gasteiger partial charge >= 0.3 is 0 Å².